The molecule has 2 rings (SSSR count). The van der Waals surface area contributed by atoms with Crippen LogP contribution in [0.25, 0.3) is 11.1 Å². The summed E-state index contributed by atoms with van der Waals surface area (Å²) in [6.07, 6.45) is 0. The highest BCUT2D eigenvalue weighted by molar-refractivity contribution is 6.41. The van der Waals surface area contributed by atoms with Crippen molar-refractivity contribution in [1.82, 2.24) is 0 Å². The fourth-order valence-corrected chi connectivity index (χ4v) is 2.77. The molecule has 0 radical (unpaired) electrons. The maximum Gasteiger partial charge on any atom is 0.0514 e. The molecule has 0 nitrogen and oxygen atoms in total. The van der Waals surface area contributed by atoms with E-state index in [1.807, 2.05) is 25.1 Å². The lowest BCUT2D eigenvalue weighted by atomic mass is 10.0. The summed E-state index contributed by atoms with van der Waals surface area (Å²) in [5, 5.41) is 2.30. The van der Waals surface area contributed by atoms with Crippen molar-refractivity contribution in [3.8, 4) is 11.1 Å². The standard InChI is InChI=1S/C13H8Cl4/c1-7-4-8(2-3-10(7)15)13-11(16)5-9(14)6-12(13)17/h2-6H,1H3. The van der Waals surface area contributed by atoms with Gasteiger partial charge in [0.05, 0.1) is 10.0 Å². The first kappa shape index (κ1) is 13.0. The van der Waals surface area contributed by atoms with E-state index in [9.17, 15) is 0 Å². The highest BCUT2D eigenvalue weighted by Gasteiger charge is 2.10. The van der Waals surface area contributed by atoms with Gasteiger partial charge in [-0.1, -0.05) is 52.5 Å². The van der Waals surface area contributed by atoms with E-state index >= 15 is 0 Å². The molecule has 2 aromatic carbocycles. The first-order valence-corrected chi connectivity index (χ1v) is 6.41. The van der Waals surface area contributed by atoms with Crippen LogP contribution < -0.4 is 0 Å². The van der Waals surface area contributed by atoms with Crippen LogP contribution in [0.1, 0.15) is 5.56 Å². The van der Waals surface area contributed by atoms with Crippen molar-refractivity contribution in [2.24, 2.45) is 0 Å². The summed E-state index contributed by atoms with van der Waals surface area (Å²) in [5.41, 5.74) is 2.68. The second kappa shape index (κ2) is 5.07. The van der Waals surface area contributed by atoms with Crippen LogP contribution in [0.3, 0.4) is 0 Å². The van der Waals surface area contributed by atoms with E-state index in [0.29, 0.717) is 15.1 Å². The topological polar surface area (TPSA) is 0 Å². The van der Waals surface area contributed by atoms with Crippen molar-refractivity contribution in [3.63, 3.8) is 0 Å². The summed E-state index contributed by atoms with van der Waals surface area (Å²) in [4.78, 5) is 0. The Kier molecular flexibility index (Phi) is 3.89. The molecular weight excluding hydrogens is 298 g/mol. The molecule has 0 aromatic heterocycles. The van der Waals surface area contributed by atoms with Crippen molar-refractivity contribution in [2.75, 3.05) is 0 Å². The summed E-state index contributed by atoms with van der Waals surface area (Å²) in [7, 11) is 0. The minimum atomic E-state index is 0.523. The molecule has 2 aromatic rings. The van der Waals surface area contributed by atoms with Crippen molar-refractivity contribution in [2.45, 2.75) is 6.92 Å². The van der Waals surface area contributed by atoms with Crippen molar-refractivity contribution in [1.29, 1.82) is 0 Å². The fourth-order valence-electron chi connectivity index (χ4n) is 1.62. The van der Waals surface area contributed by atoms with Gasteiger partial charge < -0.3 is 0 Å². The third-order valence-electron chi connectivity index (χ3n) is 2.45. The van der Waals surface area contributed by atoms with Crippen molar-refractivity contribution in [3.05, 3.63) is 56.0 Å². The van der Waals surface area contributed by atoms with Gasteiger partial charge in [0.1, 0.15) is 0 Å². The maximum atomic E-state index is 6.16. The van der Waals surface area contributed by atoms with Crippen LogP contribution in [0.5, 0.6) is 0 Å². The van der Waals surface area contributed by atoms with Crippen LogP contribution in [0.15, 0.2) is 30.3 Å². The van der Waals surface area contributed by atoms with E-state index in [0.717, 1.165) is 21.7 Å². The lowest BCUT2D eigenvalue weighted by molar-refractivity contribution is 1.46. The van der Waals surface area contributed by atoms with Crippen molar-refractivity contribution < 1.29 is 0 Å². The van der Waals surface area contributed by atoms with Gasteiger partial charge in [-0.3, -0.25) is 0 Å². The second-order valence-electron chi connectivity index (χ2n) is 3.71. The zero-order chi connectivity index (χ0) is 12.6. The average molecular weight is 306 g/mol. The molecular formula is C13H8Cl4. The Hall–Kier alpha value is -0.400. The molecule has 88 valence electrons. The van der Waals surface area contributed by atoms with Gasteiger partial charge in [0.15, 0.2) is 0 Å². The number of hydrogen-bond donors (Lipinski definition) is 0. The van der Waals surface area contributed by atoms with Crippen LogP contribution in [-0.4, -0.2) is 0 Å². The zero-order valence-corrected chi connectivity index (χ0v) is 11.9. The SMILES string of the molecule is Cc1cc(-c2c(Cl)cc(Cl)cc2Cl)ccc1Cl. The van der Waals surface area contributed by atoms with Crippen LogP contribution >= 0.6 is 46.4 Å². The molecule has 0 spiro atoms. The maximum absolute atomic E-state index is 6.16. The van der Waals surface area contributed by atoms with Crippen LogP contribution in [0.2, 0.25) is 20.1 Å². The summed E-state index contributed by atoms with van der Waals surface area (Å²) in [6.45, 7) is 1.93. The summed E-state index contributed by atoms with van der Waals surface area (Å²) >= 11 is 24.2. The summed E-state index contributed by atoms with van der Waals surface area (Å²) in [6, 6.07) is 9.01. The highest BCUT2D eigenvalue weighted by Crippen LogP contribution is 2.38. The van der Waals surface area contributed by atoms with Gasteiger partial charge in [-0.25, -0.2) is 0 Å². The van der Waals surface area contributed by atoms with E-state index < -0.39 is 0 Å². The smallest absolute Gasteiger partial charge is 0.0514 e. The lowest BCUT2D eigenvalue weighted by Gasteiger charge is -2.09. The van der Waals surface area contributed by atoms with Crippen LogP contribution in [0, 0.1) is 6.92 Å². The van der Waals surface area contributed by atoms with Crippen LogP contribution in [0.4, 0.5) is 0 Å². The van der Waals surface area contributed by atoms with Crippen LogP contribution in [-0.2, 0) is 0 Å². The fraction of sp³-hybridized carbons (Fsp3) is 0.0769. The van der Waals surface area contributed by atoms with Crippen molar-refractivity contribution >= 4 is 46.4 Å². The minimum absolute atomic E-state index is 0.523. The van der Waals surface area contributed by atoms with Gasteiger partial charge in [0, 0.05) is 15.6 Å². The molecule has 0 saturated carbocycles. The molecule has 0 fully saturated rings. The van der Waals surface area contributed by atoms with E-state index in [-0.39, 0.29) is 0 Å². The molecule has 17 heavy (non-hydrogen) atoms. The first-order chi connectivity index (χ1) is 7.99. The Labute approximate surface area is 120 Å². The Morgan fingerprint density at radius 1 is 0.765 bits per heavy atom. The molecule has 0 aliphatic rings. The number of rotatable bonds is 1. The molecule has 0 amide bonds. The third-order valence-corrected chi connectivity index (χ3v) is 3.69. The van der Waals surface area contributed by atoms with E-state index in [2.05, 4.69) is 0 Å². The Balaban J connectivity index is 2.64. The van der Waals surface area contributed by atoms with Gasteiger partial charge in [0.25, 0.3) is 0 Å². The Morgan fingerprint density at radius 2 is 1.35 bits per heavy atom. The van der Waals surface area contributed by atoms with Gasteiger partial charge >= 0.3 is 0 Å². The molecule has 0 saturated heterocycles. The van der Waals surface area contributed by atoms with Gasteiger partial charge in [-0.15, -0.1) is 0 Å². The molecule has 0 aliphatic heterocycles. The number of hydrogen-bond acceptors (Lipinski definition) is 0. The average Bonchev–Trinajstić information content (AvgIpc) is 2.21. The normalized spacial score (nSPS) is 10.6. The molecule has 4 heteroatoms. The molecule has 0 atom stereocenters. The quantitative estimate of drug-likeness (QED) is 0.582. The van der Waals surface area contributed by atoms with Gasteiger partial charge in [-0.2, -0.15) is 0 Å². The monoisotopic (exact) mass is 304 g/mol. The molecule has 0 aliphatic carbocycles. The first-order valence-electron chi connectivity index (χ1n) is 4.90. The predicted molar refractivity (Wildman–Crippen MR) is 76.7 cm³/mol. The van der Waals surface area contributed by atoms with Gasteiger partial charge in [-0.05, 0) is 42.3 Å². The Bertz CT molecular complexity index is 553. The predicted octanol–water partition coefficient (Wildman–Crippen LogP) is 6.28. The zero-order valence-electron chi connectivity index (χ0n) is 8.90. The summed E-state index contributed by atoms with van der Waals surface area (Å²) in [5.74, 6) is 0. The molecule has 0 unspecified atom stereocenters. The lowest BCUT2D eigenvalue weighted by Crippen LogP contribution is -1.84. The van der Waals surface area contributed by atoms with E-state index in [1.54, 1.807) is 12.1 Å². The minimum Gasteiger partial charge on any atom is -0.0842 e. The second-order valence-corrected chi connectivity index (χ2v) is 5.37. The van der Waals surface area contributed by atoms with Gasteiger partial charge in [0.2, 0.25) is 0 Å². The molecule has 0 bridgehead atoms. The van der Waals surface area contributed by atoms with E-state index in [4.69, 9.17) is 46.4 Å². The number of benzene rings is 2. The molecule has 0 heterocycles. The highest BCUT2D eigenvalue weighted by atomic mass is 35.5. The van der Waals surface area contributed by atoms with E-state index in [1.165, 1.54) is 0 Å². The summed E-state index contributed by atoms with van der Waals surface area (Å²) < 4.78 is 0. The Morgan fingerprint density at radius 3 is 1.88 bits per heavy atom. The number of aryl methyl sites for hydroxylation is 1. The third kappa shape index (κ3) is 2.71. The molecule has 0 N–H and O–H groups in total. The largest absolute Gasteiger partial charge is 0.0842 e. The number of halogens is 4.